The highest BCUT2D eigenvalue weighted by Crippen LogP contribution is 2.16. The van der Waals surface area contributed by atoms with Crippen LogP contribution in [0.4, 0.5) is 4.79 Å². The minimum Gasteiger partial charge on any atom is -0.507 e. The van der Waals surface area contributed by atoms with Crippen LogP contribution in [-0.4, -0.2) is 23.7 Å². The van der Waals surface area contributed by atoms with Gasteiger partial charge in [0.15, 0.2) is 0 Å². The number of carbonyl (C=O) groups excluding carboxylic acids is 2. The van der Waals surface area contributed by atoms with E-state index in [1.54, 1.807) is 12.1 Å². The predicted molar refractivity (Wildman–Crippen MR) is 87.9 cm³/mol. The van der Waals surface area contributed by atoms with Crippen molar-refractivity contribution in [3.63, 3.8) is 0 Å². The first kappa shape index (κ1) is 16.8. The van der Waals surface area contributed by atoms with E-state index in [2.05, 4.69) is 26.8 Å². The first-order valence-electron chi connectivity index (χ1n) is 6.82. The molecule has 2 aromatic carbocycles. The van der Waals surface area contributed by atoms with Crippen molar-refractivity contribution in [3.05, 3.63) is 64.1 Å². The molecule has 23 heavy (non-hydrogen) atoms. The van der Waals surface area contributed by atoms with E-state index in [9.17, 15) is 14.7 Å². The predicted octanol–water partition coefficient (Wildman–Crippen LogP) is 2.77. The van der Waals surface area contributed by atoms with Crippen LogP contribution in [0.2, 0.25) is 0 Å². The quantitative estimate of drug-likeness (QED) is 0.713. The van der Waals surface area contributed by atoms with E-state index in [0.29, 0.717) is 6.42 Å². The second-order valence-corrected chi connectivity index (χ2v) is 5.43. The Bertz CT molecular complexity index is 706. The smallest absolute Gasteiger partial charge is 0.426 e. The minimum atomic E-state index is -0.777. The Kier molecular flexibility index (Phi) is 5.99. The summed E-state index contributed by atoms with van der Waals surface area (Å²) in [5, 5.41) is 9.53. The normalized spacial score (nSPS) is 9.96. The first-order valence-corrected chi connectivity index (χ1v) is 7.61. The van der Waals surface area contributed by atoms with Gasteiger partial charge < -0.3 is 9.84 Å². The number of halogens is 1. The van der Waals surface area contributed by atoms with E-state index >= 15 is 0 Å². The highest BCUT2D eigenvalue weighted by molar-refractivity contribution is 9.10. The van der Waals surface area contributed by atoms with Gasteiger partial charge in [0.2, 0.25) is 0 Å². The van der Waals surface area contributed by atoms with Gasteiger partial charge in [0.1, 0.15) is 5.75 Å². The van der Waals surface area contributed by atoms with Crippen LogP contribution < -0.4 is 10.9 Å². The molecule has 7 heteroatoms. The Hall–Kier alpha value is -2.54. The van der Waals surface area contributed by atoms with Gasteiger partial charge in [-0.15, -0.1) is 0 Å². The number of aromatic hydroxyl groups is 1. The topological polar surface area (TPSA) is 87.7 Å². The van der Waals surface area contributed by atoms with E-state index in [-0.39, 0.29) is 17.9 Å². The monoisotopic (exact) mass is 378 g/mol. The molecule has 0 fully saturated rings. The fourth-order valence-electron chi connectivity index (χ4n) is 1.83. The van der Waals surface area contributed by atoms with Crippen LogP contribution in [0, 0.1) is 0 Å². The zero-order valence-electron chi connectivity index (χ0n) is 12.1. The number of ether oxygens (including phenoxy) is 1. The summed E-state index contributed by atoms with van der Waals surface area (Å²) in [6.07, 6.45) is -0.233. The molecule has 0 bridgehead atoms. The number of benzene rings is 2. The Morgan fingerprint density at radius 3 is 2.48 bits per heavy atom. The van der Waals surface area contributed by atoms with Gasteiger partial charge in [-0.3, -0.25) is 10.2 Å². The van der Waals surface area contributed by atoms with E-state index in [0.717, 1.165) is 10.0 Å². The van der Waals surface area contributed by atoms with Crippen LogP contribution >= 0.6 is 15.9 Å². The minimum absolute atomic E-state index is 0.0565. The van der Waals surface area contributed by atoms with Gasteiger partial charge in [-0.25, -0.2) is 10.2 Å². The van der Waals surface area contributed by atoms with Crippen molar-refractivity contribution in [3.8, 4) is 5.75 Å². The molecule has 0 aliphatic heterocycles. The number of hydrogen-bond donors (Lipinski definition) is 3. The Morgan fingerprint density at radius 1 is 1.04 bits per heavy atom. The molecule has 2 aromatic rings. The summed E-state index contributed by atoms with van der Waals surface area (Å²) in [7, 11) is 0. The molecule has 0 unspecified atom stereocenters. The number of rotatable bonds is 4. The maximum absolute atomic E-state index is 11.8. The van der Waals surface area contributed by atoms with Crippen molar-refractivity contribution in [1.82, 2.24) is 10.9 Å². The third-order valence-corrected chi connectivity index (χ3v) is 3.76. The van der Waals surface area contributed by atoms with Gasteiger partial charge in [0, 0.05) is 10.9 Å². The van der Waals surface area contributed by atoms with Crippen LogP contribution in [-0.2, 0) is 11.2 Å². The summed E-state index contributed by atoms with van der Waals surface area (Å²) in [5.41, 5.74) is 5.36. The highest BCUT2D eigenvalue weighted by Gasteiger charge is 2.11. The molecule has 2 rings (SSSR count). The Labute approximate surface area is 141 Å². The number of nitrogens with one attached hydrogen (secondary N) is 2. The summed E-state index contributed by atoms with van der Waals surface area (Å²) in [6, 6.07) is 13.6. The maximum atomic E-state index is 11.8. The maximum Gasteiger partial charge on any atom is 0.426 e. The molecule has 120 valence electrons. The third-order valence-electron chi connectivity index (χ3n) is 2.99. The SMILES string of the molecule is O=C(NNC(=O)c1ccccc1O)OCCc1ccccc1Br. The molecule has 3 N–H and O–H groups in total. The highest BCUT2D eigenvalue weighted by atomic mass is 79.9. The van der Waals surface area contributed by atoms with E-state index in [1.807, 2.05) is 24.3 Å². The molecular formula is C16H15BrN2O4. The van der Waals surface area contributed by atoms with Crippen molar-refractivity contribution in [2.45, 2.75) is 6.42 Å². The molecule has 0 radical (unpaired) electrons. The van der Waals surface area contributed by atoms with E-state index < -0.39 is 12.0 Å². The van der Waals surface area contributed by atoms with E-state index in [1.165, 1.54) is 12.1 Å². The van der Waals surface area contributed by atoms with Crippen molar-refractivity contribution in [1.29, 1.82) is 0 Å². The molecule has 0 atom stereocenters. The van der Waals surface area contributed by atoms with Crippen LogP contribution in [0.1, 0.15) is 15.9 Å². The first-order chi connectivity index (χ1) is 11.1. The molecule has 6 nitrogen and oxygen atoms in total. The standard InChI is InChI=1S/C16H15BrN2O4/c17-13-7-3-1-5-11(13)9-10-23-16(22)19-18-15(21)12-6-2-4-8-14(12)20/h1-8,20H,9-10H2,(H,18,21)(H,19,22). The third kappa shape index (κ3) is 5.00. The molecule has 2 amide bonds. The van der Waals surface area contributed by atoms with Crippen LogP contribution in [0.15, 0.2) is 53.0 Å². The number of carbonyl (C=O) groups is 2. The molecule has 0 aliphatic rings. The lowest BCUT2D eigenvalue weighted by Crippen LogP contribution is -2.42. The van der Waals surface area contributed by atoms with Gasteiger partial charge in [0.25, 0.3) is 5.91 Å². The van der Waals surface area contributed by atoms with Crippen LogP contribution in [0.25, 0.3) is 0 Å². The number of para-hydroxylation sites is 1. The summed E-state index contributed by atoms with van der Waals surface area (Å²) in [5.74, 6) is -0.806. The Balaban J connectivity index is 1.74. The van der Waals surface area contributed by atoms with Gasteiger partial charge in [-0.2, -0.15) is 0 Å². The number of hydrazine groups is 1. The molecule has 0 aliphatic carbocycles. The van der Waals surface area contributed by atoms with Gasteiger partial charge >= 0.3 is 6.09 Å². The second-order valence-electron chi connectivity index (χ2n) is 4.57. The summed E-state index contributed by atoms with van der Waals surface area (Å²) < 4.78 is 5.91. The lowest BCUT2D eigenvalue weighted by Gasteiger charge is -2.09. The van der Waals surface area contributed by atoms with Crippen molar-refractivity contribution in [2.75, 3.05) is 6.61 Å². The second kappa shape index (κ2) is 8.19. The van der Waals surface area contributed by atoms with Gasteiger partial charge in [0.05, 0.1) is 12.2 Å². The van der Waals surface area contributed by atoms with Crippen molar-refractivity contribution < 1.29 is 19.4 Å². The lowest BCUT2D eigenvalue weighted by atomic mass is 10.2. The average Bonchev–Trinajstić information content (AvgIpc) is 2.55. The zero-order chi connectivity index (χ0) is 16.7. The molecule has 0 aromatic heterocycles. The largest absolute Gasteiger partial charge is 0.507 e. The molecule has 0 heterocycles. The summed E-state index contributed by atoms with van der Waals surface area (Å²) >= 11 is 3.41. The molecule has 0 spiro atoms. The fourth-order valence-corrected chi connectivity index (χ4v) is 2.31. The Morgan fingerprint density at radius 2 is 1.74 bits per heavy atom. The van der Waals surface area contributed by atoms with Gasteiger partial charge in [-0.05, 0) is 23.8 Å². The average molecular weight is 379 g/mol. The molecule has 0 saturated heterocycles. The van der Waals surface area contributed by atoms with Crippen molar-refractivity contribution in [2.24, 2.45) is 0 Å². The van der Waals surface area contributed by atoms with E-state index in [4.69, 9.17) is 4.74 Å². The fraction of sp³-hybridized carbons (Fsp3) is 0.125. The van der Waals surface area contributed by atoms with Gasteiger partial charge in [-0.1, -0.05) is 46.3 Å². The molecular weight excluding hydrogens is 364 g/mol. The zero-order valence-corrected chi connectivity index (χ0v) is 13.7. The summed E-state index contributed by atoms with van der Waals surface area (Å²) in [4.78, 5) is 23.3. The van der Waals surface area contributed by atoms with Crippen LogP contribution in [0.5, 0.6) is 5.75 Å². The lowest BCUT2D eigenvalue weighted by molar-refractivity contribution is 0.0907. The number of phenols is 1. The number of phenolic OH excluding ortho intramolecular Hbond substituents is 1. The summed E-state index contributed by atoms with van der Waals surface area (Å²) in [6.45, 7) is 0.168. The van der Waals surface area contributed by atoms with Crippen LogP contribution in [0.3, 0.4) is 0 Å². The molecule has 0 saturated carbocycles. The number of amides is 2. The van der Waals surface area contributed by atoms with Crippen molar-refractivity contribution >= 4 is 27.9 Å². The number of hydrogen-bond acceptors (Lipinski definition) is 4.